The van der Waals surface area contributed by atoms with E-state index in [1.807, 2.05) is 96.8 Å². The van der Waals surface area contributed by atoms with Crippen molar-refractivity contribution in [1.29, 1.82) is 0 Å². The Kier molecular flexibility index (Phi) is 5.43. The Morgan fingerprint density at radius 3 is 2.21 bits per heavy atom. The van der Waals surface area contributed by atoms with E-state index in [-0.39, 0.29) is 11.8 Å². The van der Waals surface area contributed by atoms with Crippen LogP contribution in [0.4, 0.5) is 0 Å². The molecule has 146 valence electrons. The Labute approximate surface area is 171 Å². The second-order valence-electron chi connectivity index (χ2n) is 7.24. The van der Waals surface area contributed by atoms with Gasteiger partial charge in [-0.25, -0.2) is 0 Å². The van der Waals surface area contributed by atoms with Crippen molar-refractivity contribution >= 4 is 11.8 Å². The Hall–Kier alpha value is -3.40. The number of fused-ring (bicyclic) bond motifs is 1. The van der Waals surface area contributed by atoms with Crippen LogP contribution in [0.1, 0.15) is 40.0 Å². The van der Waals surface area contributed by atoms with E-state index in [1.54, 1.807) is 4.90 Å². The zero-order chi connectivity index (χ0) is 20.2. The van der Waals surface area contributed by atoms with Crippen molar-refractivity contribution in [2.75, 3.05) is 6.54 Å². The lowest BCUT2D eigenvalue weighted by atomic mass is 10.0. The predicted molar refractivity (Wildman–Crippen MR) is 113 cm³/mol. The number of hydrogen-bond donors (Lipinski definition) is 0. The summed E-state index contributed by atoms with van der Waals surface area (Å²) in [5.74, 6) is -0.137. The van der Waals surface area contributed by atoms with Crippen LogP contribution in [0.2, 0.25) is 0 Å². The van der Waals surface area contributed by atoms with Gasteiger partial charge in [0.1, 0.15) is 6.04 Å². The Morgan fingerprint density at radius 2 is 1.55 bits per heavy atom. The van der Waals surface area contributed by atoms with Crippen LogP contribution in [-0.2, 0) is 17.9 Å². The van der Waals surface area contributed by atoms with Crippen LogP contribution in [0.15, 0.2) is 84.9 Å². The number of nitrogens with zero attached hydrogens (tertiary/aromatic N) is 2. The lowest BCUT2D eigenvalue weighted by molar-refractivity contribution is -0.137. The average molecular weight is 384 g/mol. The summed E-state index contributed by atoms with van der Waals surface area (Å²) in [6.07, 6.45) is 0. The third kappa shape index (κ3) is 3.79. The molecule has 1 heterocycles. The molecule has 0 spiro atoms. The molecule has 3 aromatic carbocycles. The van der Waals surface area contributed by atoms with Crippen molar-refractivity contribution in [2.45, 2.75) is 26.1 Å². The molecule has 0 aromatic heterocycles. The summed E-state index contributed by atoms with van der Waals surface area (Å²) in [5, 5.41) is 0. The summed E-state index contributed by atoms with van der Waals surface area (Å²) in [6.45, 7) is 3.52. The van der Waals surface area contributed by atoms with Crippen molar-refractivity contribution in [3.63, 3.8) is 0 Å². The molecule has 3 aromatic rings. The van der Waals surface area contributed by atoms with Crippen molar-refractivity contribution < 1.29 is 9.59 Å². The first-order valence-electron chi connectivity index (χ1n) is 9.95. The molecular formula is C25H24N2O2. The van der Waals surface area contributed by atoms with E-state index in [4.69, 9.17) is 0 Å². The van der Waals surface area contributed by atoms with E-state index in [9.17, 15) is 9.59 Å². The molecule has 0 N–H and O–H groups in total. The van der Waals surface area contributed by atoms with E-state index in [0.717, 1.165) is 16.7 Å². The molecule has 0 aliphatic carbocycles. The molecule has 1 unspecified atom stereocenters. The van der Waals surface area contributed by atoms with Crippen LogP contribution in [0, 0.1) is 0 Å². The summed E-state index contributed by atoms with van der Waals surface area (Å²) in [4.78, 5) is 30.4. The standard InChI is InChI=1S/C25H24N2O2/c1-2-26(17-19-11-5-3-6-12-19)25(29)23(20-13-7-4-8-14-20)27-18-21-15-9-10-16-22(21)24(27)28/h3-16,23H,2,17-18H2,1H3. The number of hydrogen-bond acceptors (Lipinski definition) is 2. The van der Waals surface area contributed by atoms with Crippen molar-refractivity contribution in [3.05, 3.63) is 107 Å². The summed E-state index contributed by atoms with van der Waals surface area (Å²) in [6, 6.07) is 26.5. The highest BCUT2D eigenvalue weighted by atomic mass is 16.2. The zero-order valence-electron chi connectivity index (χ0n) is 16.5. The smallest absolute Gasteiger partial charge is 0.255 e. The predicted octanol–water partition coefficient (Wildman–Crippen LogP) is 4.43. The highest BCUT2D eigenvalue weighted by Crippen LogP contribution is 2.33. The second kappa shape index (κ2) is 8.31. The van der Waals surface area contributed by atoms with Crippen LogP contribution in [0.5, 0.6) is 0 Å². The zero-order valence-corrected chi connectivity index (χ0v) is 16.5. The highest BCUT2D eigenvalue weighted by Gasteiger charge is 2.38. The van der Waals surface area contributed by atoms with Crippen molar-refractivity contribution in [2.24, 2.45) is 0 Å². The van der Waals surface area contributed by atoms with E-state index < -0.39 is 6.04 Å². The normalized spacial score (nSPS) is 13.8. The topological polar surface area (TPSA) is 40.6 Å². The van der Waals surface area contributed by atoms with Gasteiger partial charge in [-0.3, -0.25) is 9.59 Å². The first-order valence-corrected chi connectivity index (χ1v) is 9.95. The molecule has 1 aliphatic rings. The minimum Gasteiger partial charge on any atom is -0.337 e. The largest absolute Gasteiger partial charge is 0.337 e. The van der Waals surface area contributed by atoms with Gasteiger partial charge in [0.2, 0.25) is 5.91 Å². The molecule has 0 fully saturated rings. The van der Waals surface area contributed by atoms with Crippen molar-refractivity contribution in [1.82, 2.24) is 9.80 Å². The fourth-order valence-electron chi connectivity index (χ4n) is 3.90. The van der Waals surface area contributed by atoms with E-state index in [1.165, 1.54) is 0 Å². The van der Waals surface area contributed by atoms with Gasteiger partial charge in [-0.15, -0.1) is 0 Å². The first kappa shape index (κ1) is 18.9. The fraction of sp³-hybridized carbons (Fsp3) is 0.200. The quantitative estimate of drug-likeness (QED) is 0.631. The van der Waals surface area contributed by atoms with Crippen LogP contribution in [0.25, 0.3) is 0 Å². The maximum absolute atomic E-state index is 13.7. The molecule has 2 amide bonds. The molecule has 1 aliphatic heterocycles. The Morgan fingerprint density at radius 1 is 0.931 bits per heavy atom. The second-order valence-corrected chi connectivity index (χ2v) is 7.24. The van der Waals surface area contributed by atoms with Crippen LogP contribution in [0.3, 0.4) is 0 Å². The molecule has 4 rings (SSSR count). The van der Waals surface area contributed by atoms with Gasteiger partial charge >= 0.3 is 0 Å². The third-order valence-corrected chi connectivity index (χ3v) is 5.42. The monoisotopic (exact) mass is 384 g/mol. The lowest BCUT2D eigenvalue weighted by Gasteiger charge is -2.32. The molecule has 4 heteroatoms. The minimum absolute atomic E-state index is 0.0521. The molecule has 0 saturated carbocycles. The SMILES string of the molecule is CCN(Cc1ccccc1)C(=O)C(c1ccccc1)N1Cc2ccccc2C1=O. The van der Waals surface area contributed by atoms with Gasteiger partial charge in [-0.2, -0.15) is 0 Å². The number of likely N-dealkylation sites (N-methyl/N-ethyl adjacent to an activating group) is 1. The van der Waals surface area contributed by atoms with Crippen LogP contribution >= 0.6 is 0 Å². The minimum atomic E-state index is -0.639. The summed E-state index contributed by atoms with van der Waals surface area (Å²) < 4.78 is 0. The number of carbonyl (C=O) groups excluding carboxylic acids is 2. The number of amides is 2. The summed E-state index contributed by atoms with van der Waals surface area (Å²) in [5.41, 5.74) is 3.57. The first-order chi connectivity index (χ1) is 14.2. The van der Waals surface area contributed by atoms with Crippen molar-refractivity contribution in [3.8, 4) is 0 Å². The fourth-order valence-corrected chi connectivity index (χ4v) is 3.90. The van der Waals surface area contributed by atoms with E-state index >= 15 is 0 Å². The van der Waals surface area contributed by atoms with E-state index in [2.05, 4.69) is 0 Å². The molecule has 0 radical (unpaired) electrons. The lowest BCUT2D eigenvalue weighted by Crippen LogP contribution is -2.43. The molecule has 0 saturated heterocycles. The van der Waals surface area contributed by atoms with Gasteiger partial charge in [0.25, 0.3) is 5.91 Å². The number of carbonyl (C=O) groups is 2. The van der Waals surface area contributed by atoms with Gasteiger partial charge in [0.05, 0.1) is 0 Å². The molecular weight excluding hydrogens is 360 g/mol. The van der Waals surface area contributed by atoms with Gasteiger partial charge in [0, 0.05) is 25.2 Å². The van der Waals surface area contributed by atoms with Gasteiger partial charge in [-0.05, 0) is 29.7 Å². The maximum Gasteiger partial charge on any atom is 0.255 e. The number of benzene rings is 3. The summed E-state index contributed by atoms with van der Waals surface area (Å²) in [7, 11) is 0. The van der Waals surface area contributed by atoms with E-state index in [0.29, 0.717) is 25.2 Å². The average Bonchev–Trinajstić information content (AvgIpc) is 3.10. The van der Waals surface area contributed by atoms with Gasteiger partial charge in [0.15, 0.2) is 0 Å². The Balaban J connectivity index is 1.68. The maximum atomic E-state index is 13.7. The number of rotatable bonds is 6. The highest BCUT2D eigenvalue weighted by molar-refractivity contribution is 6.01. The molecule has 4 nitrogen and oxygen atoms in total. The molecule has 1 atom stereocenters. The van der Waals surface area contributed by atoms with Gasteiger partial charge in [-0.1, -0.05) is 78.9 Å². The summed E-state index contributed by atoms with van der Waals surface area (Å²) >= 11 is 0. The van der Waals surface area contributed by atoms with Gasteiger partial charge < -0.3 is 9.80 Å². The Bertz CT molecular complexity index is 1000. The third-order valence-electron chi connectivity index (χ3n) is 5.42. The van der Waals surface area contributed by atoms with Crippen LogP contribution in [-0.4, -0.2) is 28.2 Å². The van der Waals surface area contributed by atoms with Crippen LogP contribution < -0.4 is 0 Å². The molecule has 29 heavy (non-hydrogen) atoms. The molecule has 0 bridgehead atoms.